The number of carbonyl (C=O) groups is 1. The third-order valence-electron chi connectivity index (χ3n) is 6.12. The van der Waals surface area contributed by atoms with Gasteiger partial charge in [0.25, 0.3) is 0 Å². The van der Waals surface area contributed by atoms with Crippen LogP contribution >= 0.6 is 11.3 Å². The number of aryl methyl sites for hydroxylation is 1. The monoisotopic (exact) mass is 377 g/mol. The zero-order valence-electron chi connectivity index (χ0n) is 15.7. The van der Waals surface area contributed by atoms with Crippen molar-refractivity contribution in [3.8, 4) is 0 Å². The molecule has 5 rings (SSSR count). The van der Waals surface area contributed by atoms with Gasteiger partial charge < -0.3 is 10.2 Å². The number of carbonyl (C=O) groups excluding carboxylic acids is 1. The van der Waals surface area contributed by atoms with Gasteiger partial charge in [-0.2, -0.15) is 0 Å². The molecular weight excluding hydrogens is 354 g/mol. The molecule has 3 heterocycles. The molecule has 3 aromatic rings. The van der Waals surface area contributed by atoms with Crippen LogP contribution in [0.4, 0.5) is 11.4 Å². The number of ketones is 1. The van der Waals surface area contributed by atoms with Crippen LogP contribution in [0.15, 0.2) is 42.5 Å². The summed E-state index contributed by atoms with van der Waals surface area (Å²) in [6, 6.07) is 14.8. The minimum absolute atomic E-state index is 0.105. The Morgan fingerprint density at radius 1 is 1.22 bits per heavy atom. The lowest BCUT2D eigenvalue weighted by Gasteiger charge is -2.41. The summed E-state index contributed by atoms with van der Waals surface area (Å²) in [7, 11) is 0. The van der Waals surface area contributed by atoms with Crippen LogP contribution in [0.5, 0.6) is 0 Å². The zero-order valence-corrected chi connectivity index (χ0v) is 16.5. The normalized spacial score (nSPS) is 21.0. The minimum Gasteiger partial charge on any atom is -0.330 e. The van der Waals surface area contributed by atoms with E-state index in [1.807, 2.05) is 6.92 Å². The largest absolute Gasteiger partial charge is 0.330 e. The van der Waals surface area contributed by atoms with Crippen molar-refractivity contribution >= 4 is 38.7 Å². The number of benzene rings is 2. The number of thiazole rings is 1. The number of hydrogen-bond acceptors (Lipinski definition) is 5. The van der Waals surface area contributed by atoms with Crippen LogP contribution in [0.3, 0.4) is 0 Å². The Labute approximate surface area is 163 Å². The van der Waals surface area contributed by atoms with Gasteiger partial charge in [0.05, 0.1) is 15.2 Å². The number of anilines is 2. The topological polar surface area (TPSA) is 45.2 Å². The molecule has 2 aliphatic heterocycles. The second-order valence-corrected chi connectivity index (χ2v) is 8.93. The molecule has 1 fully saturated rings. The van der Waals surface area contributed by atoms with E-state index in [0.29, 0.717) is 0 Å². The maximum atomic E-state index is 13.0. The van der Waals surface area contributed by atoms with Gasteiger partial charge in [0.2, 0.25) is 0 Å². The van der Waals surface area contributed by atoms with Gasteiger partial charge in [0.15, 0.2) is 5.78 Å². The van der Waals surface area contributed by atoms with Crippen LogP contribution < -0.4 is 10.2 Å². The number of fused-ring (bicyclic) bond motifs is 3. The van der Waals surface area contributed by atoms with Crippen molar-refractivity contribution in [2.75, 3.05) is 18.0 Å². The van der Waals surface area contributed by atoms with Crippen molar-refractivity contribution in [2.24, 2.45) is 0 Å². The highest BCUT2D eigenvalue weighted by Crippen LogP contribution is 2.53. The molecular formula is C22H23N3OS. The van der Waals surface area contributed by atoms with E-state index < -0.39 is 0 Å². The smallest absolute Gasteiger partial charge is 0.153 e. The first-order valence-electron chi connectivity index (χ1n) is 9.57. The van der Waals surface area contributed by atoms with Crippen LogP contribution in [0.1, 0.15) is 30.3 Å². The third kappa shape index (κ3) is 2.45. The van der Waals surface area contributed by atoms with Gasteiger partial charge in [0, 0.05) is 16.8 Å². The van der Waals surface area contributed by atoms with E-state index in [2.05, 4.69) is 57.7 Å². The minimum atomic E-state index is -0.150. The summed E-state index contributed by atoms with van der Waals surface area (Å²) in [5.74, 6) is 0.244. The van der Waals surface area contributed by atoms with Crippen molar-refractivity contribution in [3.63, 3.8) is 0 Å². The molecule has 0 bridgehead atoms. The van der Waals surface area contributed by atoms with Crippen molar-refractivity contribution in [1.29, 1.82) is 0 Å². The van der Waals surface area contributed by atoms with Gasteiger partial charge in [-0.3, -0.25) is 4.79 Å². The fraction of sp³-hybridized carbons (Fsp3) is 0.364. The summed E-state index contributed by atoms with van der Waals surface area (Å²) >= 11 is 1.71. The Kier molecular flexibility index (Phi) is 3.85. The first kappa shape index (κ1) is 16.9. The van der Waals surface area contributed by atoms with Gasteiger partial charge in [0.1, 0.15) is 6.04 Å². The van der Waals surface area contributed by atoms with Crippen molar-refractivity contribution in [1.82, 2.24) is 10.3 Å². The number of hydrogen-bond donors (Lipinski definition) is 1. The maximum absolute atomic E-state index is 13.0. The fourth-order valence-electron chi connectivity index (χ4n) is 5.09. The molecule has 27 heavy (non-hydrogen) atoms. The molecule has 0 aliphatic carbocycles. The molecule has 138 valence electrons. The second-order valence-electron chi connectivity index (χ2n) is 7.69. The molecule has 1 unspecified atom stereocenters. The molecule has 1 atom stereocenters. The molecule has 4 nitrogen and oxygen atoms in total. The lowest BCUT2D eigenvalue weighted by molar-refractivity contribution is -0.119. The standard InChI is InChI=1S/C22H23N3OS/c1-14(26)21-22(9-11-23-12-10-22)17-5-3-4-6-19(17)25(21)16-7-8-18-20(13-16)27-15(2)24-18/h3-8,13,21,23H,9-12H2,1-2H3. The molecule has 0 saturated carbocycles. The van der Waals surface area contributed by atoms with E-state index in [9.17, 15) is 4.79 Å². The number of rotatable bonds is 2. The number of nitrogens with zero attached hydrogens (tertiary/aromatic N) is 2. The Morgan fingerprint density at radius 3 is 2.78 bits per heavy atom. The van der Waals surface area contributed by atoms with Crippen molar-refractivity contribution in [3.05, 3.63) is 53.0 Å². The van der Waals surface area contributed by atoms with Gasteiger partial charge in [-0.15, -0.1) is 11.3 Å². The zero-order chi connectivity index (χ0) is 18.6. The van der Waals surface area contributed by atoms with Gasteiger partial charge in [-0.05, 0) is 69.6 Å². The molecule has 1 saturated heterocycles. The Hall–Kier alpha value is -2.24. The lowest BCUT2D eigenvalue weighted by atomic mass is 9.69. The predicted octanol–water partition coefficient (Wildman–Crippen LogP) is 4.34. The van der Waals surface area contributed by atoms with E-state index in [1.165, 1.54) is 16.0 Å². The highest BCUT2D eigenvalue weighted by molar-refractivity contribution is 7.18. The van der Waals surface area contributed by atoms with Crippen LogP contribution in [0, 0.1) is 6.92 Å². The summed E-state index contributed by atoms with van der Waals surface area (Å²) in [4.78, 5) is 19.8. The van der Waals surface area contributed by atoms with E-state index in [0.717, 1.165) is 42.1 Å². The maximum Gasteiger partial charge on any atom is 0.153 e. The number of para-hydroxylation sites is 1. The second kappa shape index (κ2) is 6.14. The molecule has 2 aliphatic rings. The average molecular weight is 378 g/mol. The summed E-state index contributed by atoms with van der Waals surface area (Å²) in [5, 5.41) is 4.54. The van der Waals surface area contributed by atoms with E-state index in [1.54, 1.807) is 18.3 Å². The summed E-state index contributed by atoms with van der Waals surface area (Å²) in [5.41, 5.74) is 4.53. The first-order chi connectivity index (χ1) is 13.1. The third-order valence-corrected chi connectivity index (χ3v) is 7.05. The highest BCUT2D eigenvalue weighted by Gasteiger charge is 2.53. The Balaban J connectivity index is 1.72. The van der Waals surface area contributed by atoms with Crippen LogP contribution in [-0.4, -0.2) is 29.9 Å². The number of nitrogens with one attached hydrogen (secondary N) is 1. The summed E-state index contributed by atoms with van der Waals surface area (Å²) in [6.07, 6.45) is 1.99. The van der Waals surface area contributed by atoms with E-state index in [-0.39, 0.29) is 17.2 Å². The van der Waals surface area contributed by atoms with Gasteiger partial charge in [-0.25, -0.2) is 4.98 Å². The predicted molar refractivity (Wildman–Crippen MR) is 111 cm³/mol. The van der Waals surface area contributed by atoms with Crippen LogP contribution in [-0.2, 0) is 10.2 Å². The van der Waals surface area contributed by atoms with Crippen molar-refractivity contribution in [2.45, 2.75) is 38.1 Å². The Morgan fingerprint density at radius 2 is 2.00 bits per heavy atom. The highest BCUT2D eigenvalue weighted by atomic mass is 32.1. The van der Waals surface area contributed by atoms with Crippen LogP contribution in [0.25, 0.3) is 10.2 Å². The summed E-state index contributed by atoms with van der Waals surface area (Å²) in [6.45, 7) is 5.71. The van der Waals surface area contributed by atoms with Crippen LogP contribution in [0.2, 0.25) is 0 Å². The molecule has 1 N–H and O–H groups in total. The number of piperidine rings is 1. The van der Waals surface area contributed by atoms with E-state index in [4.69, 9.17) is 0 Å². The average Bonchev–Trinajstić information content (AvgIpc) is 3.17. The molecule has 5 heteroatoms. The van der Waals surface area contributed by atoms with Gasteiger partial charge >= 0.3 is 0 Å². The lowest BCUT2D eigenvalue weighted by Crippen LogP contribution is -2.52. The quantitative estimate of drug-likeness (QED) is 0.722. The molecule has 0 radical (unpaired) electrons. The van der Waals surface area contributed by atoms with Gasteiger partial charge in [-0.1, -0.05) is 18.2 Å². The van der Waals surface area contributed by atoms with Crippen molar-refractivity contribution < 1.29 is 4.79 Å². The number of aromatic nitrogens is 1. The fourth-order valence-corrected chi connectivity index (χ4v) is 5.95. The SMILES string of the molecule is CC(=O)C1N(c2ccc3nc(C)sc3c2)c2ccccc2C12CCNCC2. The molecule has 1 aromatic heterocycles. The first-order valence-corrected chi connectivity index (χ1v) is 10.4. The number of Topliss-reactive ketones (excluding diaryl/α,β-unsaturated/α-hetero) is 1. The molecule has 0 amide bonds. The molecule has 1 spiro atoms. The Bertz CT molecular complexity index is 1030. The van der Waals surface area contributed by atoms with E-state index >= 15 is 0 Å². The summed E-state index contributed by atoms with van der Waals surface area (Å²) < 4.78 is 1.18. The molecule has 2 aromatic carbocycles.